The van der Waals surface area contributed by atoms with Gasteiger partial charge >= 0.3 is 13.1 Å². The van der Waals surface area contributed by atoms with Crippen molar-refractivity contribution in [3.8, 4) is 0 Å². The minimum atomic E-state index is -2.28. The van der Waals surface area contributed by atoms with E-state index in [-0.39, 0.29) is 6.61 Å². The molecule has 282 valence electrons. The van der Waals surface area contributed by atoms with Gasteiger partial charge in [0.15, 0.2) is 8.32 Å². The molecule has 1 aromatic heterocycles. The maximum absolute atomic E-state index is 13.6. The van der Waals surface area contributed by atoms with Crippen LogP contribution < -0.4 is 5.46 Å². The predicted molar refractivity (Wildman–Crippen MR) is 213 cm³/mol. The molecule has 0 saturated carbocycles. The minimum absolute atomic E-state index is 0.237. The highest BCUT2D eigenvalue weighted by Gasteiger charge is 2.63. The third kappa shape index (κ3) is 7.26. The lowest BCUT2D eigenvalue weighted by Gasteiger charge is -2.46. The first-order chi connectivity index (χ1) is 25.9. The molecule has 1 aliphatic rings. The highest BCUT2D eigenvalue weighted by atomic mass is 28.4. The molecule has 8 nitrogen and oxygen atoms in total. The van der Waals surface area contributed by atoms with Crippen LogP contribution in [0.5, 0.6) is 0 Å². The third-order valence-electron chi connectivity index (χ3n) is 10.2. The smallest absolute Gasteiger partial charge is 0.467 e. The van der Waals surface area contributed by atoms with Crippen LogP contribution >= 0.6 is 0 Å². The molecule has 0 spiro atoms. The van der Waals surface area contributed by atoms with Gasteiger partial charge in [0.25, 0.3) is 0 Å². The van der Waals surface area contributed by atoms with E-state index >= 15 is 0 Å². The van der Waals surface area contributed by atoms with E-state index in [2.05, 4.69) is 19.6 Å². The number of carbonyl (C=O) groups excluding carboxylic acids is 1. The zero-order chi connectivity index (χ0) is 38.6. The first kappa shape index (κ1) is 39.4. The van der Waals surface area contributed by atoms with Gasteiger partial charge in [-0.05, 0) is 68.7 Å². The Morgan fingerprint density at radius 3 is 1.41 bits per heavy atom. The lowest BCUT2D eigenvalue weighted by atomic mass is 9.71. The number of furan rings is 1. The number of rotatable bonds is 15. The van der Waals surface area contributed by atoms with E-state index in [9.17, 15) is 4.79 Å². The Balaban J connectivity index is 1.62. The lowest BCUT2D eigenvalue weighted by molar-refractivity contribution is -0.160. The molecule has 4 aromatic carbocycles. The Morgan fingerprint density at radius 2 is 1.07 bits per heavy atom. The second kappa shape index (κ2) is 16.2. The zero-order valence-electron chi connectivity index (χ0n) is 32.5. The fourth-order valence-electron chi connectivity index (χ4n) is 7.69. The molecule has 0 N–H and O–H groups in total. The van der Waals surface area contributed by atoms with E-state index in [4.69, 9.17) is 32.4 Å². The zero-order valence-corrected chi connectivity index (χ0v) is 33.5. The maximum Gasteiger partial charge on any atom is 0.498 e. The quantitative estimate of drug-likeness (QED) is 0.0780. The van der Waals surface area contributed by atoms with Crippen molar-refractivity contribution in [1.82, 2.24) is 0 Å². The average Bonchev–Trinajstić information content (AvgIpc) is 3.85. The molecule has 0 bridgehead atoms. The van der Waals surface area contributed by atoms with E-state index < -0.39 is 56.3 Å². The van der Waals surface area contributed by atoms with Crippen molar-refractivity contribution >= 4 is 26.9 Å². The summed E-state index contributed by atoms with van der Waals surface area (Å²) < 4.78 is 46.9. The van der Waals surface area contributed by atoms with Crippen molar-refractivity contribution in [2.24, 2.45) is 5.41 Å². The van der Waals surface area contributed by atoms with E-state index in [1.165, 1.54) is 0 Å². The van der Waals surface area contributed by atoms with Crippen LogP contribution in [0.25, 0.3) is 0 Å². The fourth-order valence-corrected chi connectivity index (χ4v) is 8.80. The molecule has 0 aliphatic carbocycles. The van der Waals surface area contributed by atoms with Crippen molar-refractivity contribution < 1.29 is 37.2 Å². The molecule has 0 unspecified atom stereocenters. The molecule has 6 rings (SSSR count). The number of methoxy groups -OCH3 is 2. The third-order valence-corrected chi connectivity index (χ3v) is 11.2. The number of hydrogen-bond donors (Lipinski definition) is 0. The minimum Gasteiger partial charge on any atom is -0.467 e. The molecule has 5 aromatic rings. The van der Waals surface area contributed by atoms with Gasteiger partial charge in [-0.1, -0.05) is 121 Å². The van der Waals surface area contributed by atoms with Crippen molar-refractivity contribution in [3.05, 3.63) is 162 Å². The van der Waals surface area contributed by atoms with Crippen molar-refractivity contribution in [2.75, 3.05) is 20.8 Å². The van der Waals surface area contributed by atoms with Crippen molar-refractivity contribution in [2.45, 2.75) is 69.9 Å². The van der Waals surface area contributed by atoms with Gasteiger partial charge in [0, 0.05) is 19.7 Å². The summed E-state index contributed by atoms with van der Waals surface area (Å²) in [5.74, 6) is 0.0440. The van der Waals surface area contributed by atoms with Gasteiger partial charge in [0.05, 0.1) is 18.3 Å². The Hall–Kier alpha value is -4.29. The predicted octanol–water partition coefficient (Wildman–Crippen LogP) is 8.42. The summed E-state index contributed by atoms with van der Waals surface area (Å²) in [5, 5.41) is 0. The molecule has 0 amide bonds. The van der Waals surface area contributed by atoms with Crippen LogP contribution in [-0.2, 0) is 43.9 Å². The van der Waals surface area contributed by atoms with Crippen LogP contribution in [-0.4, -0.2) is 54.4 Å². The van der Waals surface area contributed by atoms with Crippen LogP contribution in [0.15, 0.2) is 138 Å². The molecular weight excluding hydrogens is 695 g/mol. The van der Waals surface area contributed by atoms with Crippen molar-refractivity contribution in [1.29, 1.82) is 0 Å². The summed E-state index contributed by atoms with van der Waals surface area (Å²) in [7, 11) is 0.131. The first-order valence-corrected chi connectivity index (χ1v) is 21.9. The largest absolute Gasteiger partial charge is 0.498 e. The fraction of sp³-hybridized carbons (Fsp3) is 0.341. The monoisotopic (exact) mass is 746 g/mol. The topological polar surface area (TPSA) is 85.6 Å². The first-order valence-electron chi connectivity index (χ1n) is 18.5. The summed E-state index contributed by atoms with van der Waals surface area (Å²) in [6.45, 7) is 11.9. The second-order valence-corrected chi connectivity index (χ2v) is 19.5. The van der Waals surface area contributed by atoms with E-state index in [1.807, 2.05) is 141 Å². The Bertz CT molecular complexity index is 1770. The van der Waals surface area contributed by atoms with Crippen LogP contribution in [0, 0.1) is 5.41 Å². The van der Waals surface area contributed by atoms with Crippen molar-refractivity contribution in [3.63, 3.8) is 0 Å². The van der Waals surface area contributed by atoms with E-state index in [0.29, 0.717) is 11.2 Å². The molecular formula is C44H51BO8Si. The van der Waals surface area contributed by atoms with Crippen LogP contribution in [0.3, 0.4) is 0 Å². The van der Waals surface area contributed by atoms with Gasteiger partial charge in [-0.2, -0.15) is 0 Å². The molecule has 1 saturated heterocycles. The van der Waals surface area contributed by atoms with Gasteiger partial charge in [-0.15, -0.1) is 0 Å². The molecule has 0 radical (unpaired) electrons. The summed E-state index contributed by atoms with van der Waals surface area (Å²) in [4.78, 5) is 13.6. The molecule has 10 heteroatoms. The standard InChI is InChI=1S/C44H51BO8Si/c1-9-49-41(46)42(2,3)38(53-54(6,7)8)37-36(30-31-50-37)45-51-39(43(47-4,32-22-14-10-15-23-32)33-24-16-11-17-25-33)40(52-45)44(48-5,34-26-18-12-19-27-34)35-28-20-13-21-29-35/h10-31,38-40H,9H2,1-8H3/t38-,39-,40-/m1/s1. The SMILES string of the molecule is CCOC(=O)C(C)(C)[C@H](O[Si](C)(C)C)c1occc1B1O[C@@H](C(OC)(c2ccccc2)c2ccccc2)[C@H](C(OC)(c2ccccc2)c2ccccc2)O1. The van der Waals surface area contributed by atoms with E-state index in [1.54, 1.807) is 27.4 Å². The summed E-state index contributed by atoms with van der Waals surface area (Å²) >= 11 is 0. The van der Waals surface area contributed by atoms with Gasteiger partial charge in [0.1, 0.15) is 35.3 Å². The number of carbonyl (C=O) groups is 1. The second-order valence-electron chi connectivity index (χ2n) is 15.1. The average molecular weight is 747 g/mol. The summed E-state index contributed by atoms with van der Waals surface area (Å²) in [5.41, 5.74) is 0.587. The highest BCUT2D eigenvalue weighted by Crippen LogP contribution is 2.51. The normalized spacial score (nSPS) is 17.4. The Kier molecular flexibility index (Phi) is 11.8. The van der Waals surface area contributed by atoms with Crippen LogP contribution in [0.4, 0.5) is 0 Å². The summed E-state index contributed by atoms with van der Waals surface area (Å²) in [6, 6.07) is 42.1. The van der Waals surface area contributed by atoms with Gasteiger partial charge in [-0.3, -0.25) is 4.79 Å². The number of hydrogen-bond acceptors (Lipinski definition) is 8. The molecule has 1 aliphatic heterocycles. The number of esters is 1. The Morgan fingerprint density at radius 1 is 0.685 bits per heavy atom. The lowest BCUT2D eigenvalue weighted by Crippen LogP contribution is -2.56. The van der Waals surface area contributed by atoms with E-state index in [0.717, 1.165) is 22.3 Å². The molecule has 1 fully saturated rings. The number of benzene rings is 4. The molecule has 3 atom stereocenters. The highest BCUT2D eigenvalue weighted by molar-refractivity contribution is 6.69. The molecule has 2 heterocycles. The van der Waals surface area contributed by atoms with Gasteiger partial charge in [0.2, 0.25) is 0 Å². The van der Waals surface area contributed by atoms with Crippen LogP contribution in [0.1, 0.15) is 54.9 Å². The van der Waals surface area contributed by atoms with Gasteiger partial charge in [-0.25, -0.2) is 0 Å². The molecule has 54 heavy (non-hydrogen) atoms. The maximum atomic E-state index is 13.6. The van der Waals surface area contributed by atoms with Gasteiger partial charge < -0.3 is 32.4 Å². The van der Waals surface area contributed by atoms with Crippen LogP contribution in [0.2, 0.25) is 19.6 Å². The summed E-state index contributed by atoms with van der Waals surface area (Å²) in [6.07, 6.45) is -0.856. The number of ether oxygens (including phenoxy) is 3. The Labute approximate surface area is 321 Å².